The van der Waals surface area contributed by atoms with Crippen LogP contribution in [0, 0.1) is 11.8 Å². The highest BCUT2D eigenvalue weighted by atomic mass is 79.9. The van der Waals surface area contributed by atoms with Crippen molar-refractivity contribution in [2.45, 2.75) is 37.4 Å². The molecule has 2 fully saturated rings. The number of rotatable bonds is 1. The van der Waals surface area contributed by atoms with Crippen LogP contribution in [-0.2, 0) is 11.7 Å². The average Bonchev–Trinajstić information content (AvgIpc) is 2.96. The summed E-state index contributed by atoms with van der Waals surface area (Å²) in [6.07, 6.45) is -0.281. The molecule has 0 aromatic heterocycles. The quantitative estimate of drug-likeness (QED) is 0.807. The lowest BCUT2D eigenvalue weighted by Crippen LogP contribution is -2.27. The van der Waals surface area contributed by atoms with Crippen LogP contribution in [0.5, 0.6) is 0 Å². The standard InChI is InChI=1S/C14H15BrF3N/c15-8-5-6-11(12(7-8)14(16,17)18)13(19)9-3-1-2-4-10(9)13/h5-7,9-10H,1-4,19H2. The Hall–Kier alpha value is -0.550. The summed E-state index contributed by atoms with van der Waals surface area (Å²) in [5, 5.41) is 0. The van der Waals surface area contributed by atoms with Crippen LogP contribution in [-0.4, -0.2) is 0 Å². The first-order valence-corrected chi connectivity index (χ1v) is 7.30. The Bertz CT molecular complexity index is 500. The maximum atomic E-state index is 13.2. The van der Waals surface area contributed by atoms with Crippen LogP contribution >= 0.6 is 15.9 Å². The zero-order valence-corrected chi connectivity index (χ0v) is 11.9. The van der Waals surface area contributed by atoms with Crippen molar-refractivity contribution in [2.24, 2.45) is 17.6 Å². The van der Waals surface area contributed by atoms with E-state index in [2.05, 4.69) is 15.9 Å². The Morgan fingerprint density at radius 2 is 1.74 bits per heavy atom. The molecular weight excluding hydrogens is 319 g/mol. The van der Waals surface area contributed by atoms with Gasteiger partial charge >= 0.3 is 6.18 Å². The van der Waals surface area contributed by atoms with Crippen LogP contribution in [0.2, 0.25) is 0 Å². The highest BCUT2D eigenvalue weighted by molar-refractivity contribution is 9.10. The lowest BCUT2D eigenvalue weighted by atomic mass is 9.95. The van der Waals surface area contributed by atoms with Gasteiger partial charge in [-0.15, -0.1) is 0 Å². The topological polar surface area (TPSA) is 26.0 Å². The number of alkyl halides is 3. The van der Waals surface area contributed by atoms with E-state index < -0.39 is 17.3 Å². The van der Waals surface area contributed by atoms with Gasteiger partial charge in [0, 0.05) is 10.0 Å². The third-order valence-corrected chi connectivity index (χ3v) is 5.13. The molecule has 2 atom stereocenters. The summed E-state index contributed by atoms with van der Waals surface area (Å²) in [6.45, 7) is 0. The smallest absolute Gasteiger partial charge is 0.321 e. The van der Waals surface area contributed by atoms with Gasteiger partial charge < -0.3 is 5.73 Å². The summed E-state index contributed by atoms with van der Waals surface area (Å²) in [6, 6.07) is 4.35. The zero-order chi connectivity index (χ0) is 13.8. The fourth-order valence-corrected chi connectivity index (χ4v) is 4.06. The van der Waals surface area contributed by atoms with E-state index in [-0.39, 0.29) is 17.4 Å². The van der Waals surface area contributed by atoms with Gasteiger partial charge in [-0.2, -0.15) is 13.2 Å². The van der Waals surface area contributed by atoms with Gasteiger partial charge in [0.15, 0.2) is 0 Å². The summed E-state index contributed by atoms with van der Waals surface area (Å²) >= 11 is 3.11. The number of halogens is 4. The summed E-state index contributed by atoms with van der Waals surface area (Å²) in [5.41, 5.74) is 5.28. The molecule has 2 saturated carbocycles. The highest BCUT2D eigenvalue weighted by Gasteiger charge is 2.64. The highest BCUT2D eigenvalue weighted by Crippen LogP contribution is 2.64. The van der Waals surface area contributed by atoms with E-state index in [1.165, 1.54) is 0 Å². The lowest BCUT2D eigenvalue weighted by Gasteiger charge is -2.19. The van der Waals surface area contributed by atoms with E-state index in [4.69, 9.17) is 5.73 Å². The van der Waals surface area contributed by atoms with Crippen molar-refractivity contribution in [3.8, 4) is 0 Å². The molecule has 3 rings (SSSR count). The molecule has 0 saturated heterocycles. The molecule has 19 heavy (non-hydrogen) atoms. The van der Waals surface area contributed by atoms with Crippen LogP contribution in [0.1, 0.15) is 36.8 Å². The van der Waals surface area contributed by atoms with E-state index in [9.17, 15) is 13.2 Å². The minimum atomic E-state index is -4.35. The molecule has 0 aliphatic heterocycles. The number of fused-ring (bicyclic) bond motifs is 1. The third-order valence-electron chi connectivity index (χ3n) is 4.64. The molecule has 0 bridgehead atoms. The van der Waals surface area contributed by atoms with Gasteiger partial charge in [0.1, 0.15) is 0 Å². The van der Waals surface area contributed by atoms with Crippen LogP contribution in [0.15, 0.2) is 22.7 Å². The zero-order valence-electron chi connectivity index (χ0n) is 10.3. The van der Waals surface area contributed by atoms with Gasteiger partial charge in [-0.1, -0.05) is 34.8 Å². The average molecular weight is 334 g/mol. The Kier molecular flexibility index (Phi) is 2.98. The van der Waals surface area contributed by atoms with Crippen LogP contribution in [0.3, 0.4) is 0 Å². The van der Waals surface area contributed by atoms with Gasteiger partial charge in [-0.05, 0) is 42.4 Å². The predicted molar refractivity (Wildman–Crippen MR) is 70.5 cm³/mol. The van der Waals surface area contributed by atoms with Gasteiger partial charge in [-0.25, -0.2) is 0 Å². The third kappa shape index (κ3) is 2.02. The fourth-order valence-electron chi connectivity index (χ4n) is 3.70. The maximum absolute atomic E-state index is 13.2. The van der Waals surface area contributed by atoms with Crippen molar-refractivity contribution in [1.29, 1.82) is 0 Å². The number of benzene rings is 1. The Morgan fingerprint density at radius 1 is 1.16 bits per heavy atom. The summed E-state index contributed by atoms with van der Waals surface area (Å²) in [4.78, 5) is 0. The van der Waals surface area contributed by atoms with Gasteiger partial charge in [0.2, 0.25) is 0 Å². The van der Waals surface area contributed by atoms with E-state index in [0.717, 1.165) is 31.7 Å². The SMILES string of the molecule is NC1(c2ccc(Br)cc2C(F)(F)F)C2CCCCC21. The molecule has 2 aliphatic rings. The molecule has 0 amide bonds. The van der Waals surface area contributed by atoms with E-state index in [0.29, 0.717) is 4.47 Å². The van der Waals surface area contributed by atoms with Crippen molar-refractivity contribution in [3.63, 3.8) is 0 Å². The molecule has 0 heterocycles. The van der Waals surface area contributed by atoms with Crippen molar-refractivity contribution in [3.05, 3.63) is 33.8 Å². The first-order valence-electron chi connectivity index (χ1n) is 6.51. The largest absolute Gasteiger partial charge is 0.416 e. The first kappa shape index (κ1) is 13.4. The molecule has 2 N–H and O–H groups in total. The number of nitrogens with two attached hydrogens (primary N) is 1. The van der Waals surface area contributed by atoms with Crippen molar-refractivity contribution >= 4 is 15.9 Å². The molecular formula is C14H15BrF3N. The molecule has 5 heteroatoms. The molecule has 2 unspecified atom stereocenters. The Labute approximate surface area is 118 Å². The number of hydrogen-bond donors (Lipinski definition) is 1. The molecule has 2 aliphatic carbocycles. The summed E-state index contributed by atoms with van der Waals surface area (Å²) < 4.78 is 40.0. The molecule has 0 radical (unpaired) electrons. The van der Waals surface area contributed by atoms with Crippen LogP contribution in [0.4, 0.5) is 13.2 Å². The van der Waals surface area contributed by atoms with Crippen molar-refractivity contribution < 1.29 is 13.2 Å². The van der Waals surface area contributed by atoms with Gasteiger partial charge in [0.25, 0.3) is 0 Å². The first-order chi connectivity index (χ1) is 8.85. The minimum Gasteiger partial charge on any atom is -0.321 e. The van der Waals surface area contributed by atoms with Crippen molar-refractivity contribution in [1.82, 2.24) is 0 Å². The van der Waals surface area contributed by atoms with Crippen LogP contribution in [0.25, 0.3) is 0 Å². The second-order valence-electron chi connectivity index (χ2n) is 5.62. The van der Waals surface area contributed by atoms with E-state index >= 15 is 0 Å². The summed E-state index contributed by atoms with van der Waals surface area (Å²) in [7, 11) is 0. The van der Waals surface area contributed by atoms with Gasteiger partial charge in [0.05, 0.1) is 5.56 Å². The van der Waals surface area contributed by atoms with Gasteiger partial charge in [-0.3, -0.25) is 0 Å². The Morgan fingerprint density at radius 3 is 2.26 bits per heavy atom. The maximum Gasteiger partial charge on any atom is 0.416 e. The molecule has 1 aromatic rings. The van der Waals surface area contributed by atoms with Crippen LogP contribution < -0.4 is 5.73 Å². The molecule has 1 nitrogen and oxygen atoms in total. The Balaban J connectivity index is 2.06. The summed E-state index contributed by atoms with van der Waals surface area (Å²) in [5.74, 6) is 0.451. The fraction of sp³-hybridized carbons (Fsp3) is 0.571. The van der Waals surface area contributed by atoms with E-state index in [1.54, 1.807) is 12.1 Å². The second-order valence-corrected chi connectivity index (χ2v) is 6.53. The number of hydrogen-bond acceptors (Lipinski definition) is 1. The predicted octanol–water partition coefficient (Wildman–Crippen LogP) is 4.44. The molecule has 1 aromatic carbocycles. The molecule has 0 spiro atoms. The van der Waals surface area contributed by atoms with E-state index in [1.807, 2.05) is 0 Å². The second kappa shape index (κ2) is 4.22. The normalized spacial score (nSPS) is 33.9. The monoisotopic (exact) mass is 333 g/mol. The van der Waals surface area contributed by atoms with Crippen molar-refractivity contribution in [2.75, 3.05) is 0 Å². The molecule has 104 valence electrons. The minimum absolute atomic E-state index is 0.225. The lowest BCUT2D eigenvalue weighted by molar-refractivity contribution is -0.138.